The van der Waals surface area contributed by atoms with Gasteiger partial charge in [-0.25, -0.2) is 18.7 Å². The molecule has 1 atom stereocenters. The van der Waals surface area contributed by atoms with E-state index in [0.717, 1.165) is 42.0 Å². The van der Waals surface area contributed by atoms with Crippen molar-refractivity contribution in [3.05, 3.63) is 56.4 Å². The number of hydrogen-bond acceptors (Lipinski definition) is 7. The van der Waals surface area contributed by atoms with Gasteiger partial charge in [0.2, 0.25) is 5.95 Å². The first-order valence-electron chi connectivity index (χ1n) is 16.9. The van der Waals surface area contributed by atoms with Crippen LogP contribution in [0.5, 0.6) is 0 Å². The molecule has 46 heavy (non-hydrogen) atoms. The molecule has 1 fully saturated rings. The van der Waals surface area contributed by atoms with Crippen LogP contribution in [0.3, 0.4) is 0 Å². The van der Waals surface area contributed by atoms with E-state index in [1.165, 1.54) is 51.0 Å². The molecule has 0 bridgehead atoms. The van der Waals surface area contributed by atoms with Crippen LogP contribution in [0.25, 0.3) is 22.3 Å². The first-order valence-corrected chi connectivity index (χ1v) is 17.7. The molecule has 1 unspecified atom stereocenters. The van der Waals surface area contributed by atoms with E-state index < -0.39 is 11.6 Å². The number of allylic oxidation sites excluding steroid dienone is 2. The summed E-state index contributed by atoms with van der Waals surface area (Å²) in [5.74, 6) is -0.00499. The molecular formula is C37H49F2N5OS. The maximum Gasteiger partial charge on any atom is 0.225 e. The van der Waals surface area contributed by atoms with Gasteiger partial charge in [-0.05, 0) is 49.3 Å². The van der Waals surface area contributed by atoms with Crippen LogP contribution < -0.4 is 10.6 Å². The molecule has 0 spiro atoms. The number of thiophene rings is 1. The molecule has 6 nitrogen and oxygen atoms in total. The van der Waals surface area contributed by atoms with Crippen LogP contribution in [-0.2, 0) is 18.0 Å². The van der Waals surface area contributed by atoms with Crippen molar-refractivity contribution in [3.8, 4) is 6.07 Å². The maximum atomic E-state index is 16.7. The van der Waals surface area contributed by atoms with E-state index in [1.54, 1.807) is 13.1 Å². The monoisotopic (exact) mass is 649 g/mol. The minimum atomic E-state index is -0.515. The number of nitrogen functional groups attached to an aromatic ring is 1. The van der Waals surface area contributed by atoms with Gasteiger partial charge in [0.25, 0.3) is 0 Å². The molecule has 2 aliphatic heterocycles. The number of halogens is 2. The Morgan fingerprint density at radius 2 is 1.80 bits per heavy atom. The topological polar surface area (TPSA) is 88.1 Å². The number of nitrogens with two attached hydrogens (primary N) is 1. The van der Waals surface area contributed by atoms with Crippen molar-refractivity contribution < 1.29 is 13.5 Å². The highest BCUT2D eigenvalue weighted by Gasteiger charge is 2.33. The van der Waals surface area contributed by atoms with Crippen LogP contribution in [0, 0.1) is 23.1 Å². The number of aromatic nitrogens is 2. The van der Waals surface area contributed by atoms with E-state index in [1.807, 2.05) is 13.8 Å². The van der Waals surface area contributed by atoms with Crippen LogP contribution in [0.4, 0.5) is 19.7 Å². The summed E-state index contributed by atoms with van der Waals surface area (Å²) in [7, 11) is 0. The number of benzene rings is 1. The van der Waals surface area contributed by atoms with E-state index in [0.29, 0.717) is 52.5 Å². The highest BCUT2D eigenvalue weighted by atomic mass is 32.1. The van der Waals surface area contributed by atoms with Crippen molar-refractivity contribution in [1.29, 1.82) is 5.26 Å². The third-order valence-corrected chi connectivity index (χ3v) is 10.1. The fourth-order valence-corrected chi connectivity index (χ4v) is 7.28. The fourth-order valence-electron chi connectivity index (χ4n) is 6.29. The van der Waals surface area contributed by atoms with E-state index >= 15 is 8.78 Å². The van der Waals surface area contributed by atoms with E-state index in [9.17, 15) is 5.26 Å². The molecule has 248 valence electrons. The SMILES string of the molecule is C/C=C(/F)c1sc(N)c(C#N)c1/C(=C(\C)CC)c1c2c(c3cnc(N4CCC(C)C4)nc3c1F)COC2.CCCCCCCCC. The molecule has 5 rings (SSSR count). The van der Waals surface area contributed by atoms with E-state index in [-0.39, 0.29) is 27.6 Å². The molecule has 3 aromatic rings. The zero-order valence-corrected chi connectivity index (χ0v) is 29.2. The minimum absolute atomic E-state index is 0.154. The van der Waals surface area contributed by atoms with Gasteiger partial charge in [-0.15, -0.1) is 11.3 Å². The van der Waals surface area contributed by atoms with Gasteiger partial charge >= 0.3 is 0 Å². The average Bonchev–Trinajstić information content (AvgIpc) is 3.81. The molecule has 0 radical (unpaired) electrons. The molecule has 2 N–H and O–H groups in total. The first-order chi connectivity index (χ1) is 22.2. The third-order valence-electron chi connectivity index (χ3n) is 9.08. The minimum Gasteiger partial charge on any atom is -0.389 e. The van der Waals surface area contributed by atoms with Crippen molar-refractivity contribution in [3.63, 3.8) is 0 Å². The Hall–Kier alpha value is -3.35. The van der Waals surface area contributed by atoms with Crippen molar-refractivity contribution in [2.45, 2.75) is 113 Å². The number of rotatable bonds is 11. The summed E-state index contributed by atoms with van der Waals surface area (Å²) in [5, 5.41) is 10.8. The number of anilines is 2. The Labute approximate surface area is 277 Å². The lowest BCUT2D eigenvalue weighted by Gasteiger charge is -2.20. The summed E-state index contributed by atoms with van der Waals surface area (Å²) in [6.07, 6.45) is 14.6. The zero-order valence-electron chi connectivity index (χ0n) is 28.4. The molecule has 0 saturated carbocycles. The Bertz CT molecular complexity index is 1630. The molecule has 4 heterocycles. The number of unbranched alkanes of at least 4 members (excludes halogenated alkanes) is 6. The van der Waals surface area contributed by atoms with Crippen molar-refractivity contribution in [2.24, 2.45) is 5.92 Å². The molecule has 0 aliphatic carbocycles. The first kappa shape index (κ1) is 35.5. The van der Waals surface area contributed by atoms with Crippen LogP contribution in [-0.4, -0.2) is 23.1 Å². The van der Waals surface area contributed by atoms with Crippen LogP contribution in [0.15, 0.2) is 17.8 Å². The number of nitriles is 1. The quantitative estimate of drug-likeness (QED) is 0.208. The summed E-state index contributed by atoms with van der Waals surface area (Å²) in [6, 6.07) is 2.14. The number of ether oxygens (including phenoxy) is 1. The average molecular weight is 650 g/mol. The molecule has 1 aromatic carbocycles. The third kappa shape index (κ3) is 7.44. The molecular weight excluding hydrogens is 601 g/mol. The number of nitrogens with zero attached hydrogens (tertiary/aromatic N) is 4. The maximum absolute atomic E-state index is 16.7. The second-order valence-corrected chi connectivity index (χ2v) is 13.5. The normalized spacial score (nSPS) is 16.7. The molecule has 2 aromatic heterocycles. The molecule has 1 saturated heterocycles. The van der Waals surface area contributed by atoms with Gasteiger partial charge < -0.3 is 15.4 Å². The van der Waals surface area contributed by atoms with E-state index in [4.69, 9.17) is 15.5 Å². The smallest absolute Gasteiger partial charge is 0.225 e. The van der Waals surface area contributed by atoms with E-state index in [2.05, 4.69) is 36.7 Å². The lowest BCUT2D eigenvalue weighted by molar-refractivity contribution is 0.134. The fraction of sp³-hybridized carbons (Fsp3) is 0.541. The van der Waals surface area contributed by atoms with Gasteiger partial charge in [-0.2, -0.15) is 5.26 Å². The van der Waals surface area contributed by atoms with Crippen molar-refractivity contribution in [2.75, 3.05) is 23.7 Å². The zero-order chi connectivity index (χ0) is 33.4. The summed E-state index contributed by atoms with van der Waals surface area (Å²) >= 11 is 1.00. The van der Waals surface area contributed by atoms with Crippen LogP contribution in [0.2, 0.25) is 0 Å². The predicted octanol–water partition coefficient (Wildman–Crippen LogP) is 10.5. The van der Waals surface area contributed by atoms with Gasteiger partial charge in [0, 0.05) is 35.8 Å². The highest BCUT2D eigenvalue weighted by Crippen LogP contribution is 2.47. The van der Waals surface area contributed by atoms with Gasteiger partial charge in [0.15, 0.2) is 5.82 Å². The number of fused-ring (bicyclic) bond motifs is 3. The Morgan fingerprint density at radius 1 is 1.13 bits per heavy atom. The lowest BCUT2D eigenvalue weighted by atomic mass is 9.85. The summed E-state index contributed by atoms with van der Waals surface area (Å²) in [4.78, 5) is 11.6. The van der Waals surface area contributed by atoms with Crippen molar-refractivity contribution in [1.82, 2.24) is 9.97 Å². The highest BCUT2D eigenvalue weighted by molar-refractivity contribution is 7.17. The second kappa shape index (κ2) is 16.5. The van der Waals surface area contributed by atoms with Gasteiger partial charge in [-0.1, -0.05) is 84.3 Å². The summed E-state index contributed by atoms with van der Waals surface area (Å²) in [6.45, 7) is 14.3. The van der Waals surface area contributed by atoms with Gasteiger partial charge in [-0.3, -0.25) is 0 Å². The summed E-state index contributed by atoms with van der Waals surface area (Å²) < 4.78 is 37.7. The summed E-state index contributed by atoms with van der Waals surface area (Å²) in [5.41, 5.74) is 9.97. The largest absolute Gasteiger partial charge is 0.389 e. The number of hydrogen-bond donors (Lipinski definition) is 1. The molecule has 2 aliphatic rings. The van der Waals surface area contributed by atoms with Crippen LogP contribution in [0.1, 0.15) is 132 Å². The Morgan fingerprint density at radius 3 is 2.39 bits per heavy atom. The lowest BCUT2D eigenvalue weighted by Crippen LogP contribution is -2.21. The predicted molar refractivity (Wildman–Crippen MR) is 188 cm³/mol. The second-order valence-electron chi connectivity index (χ2n) is 12.5. The Kier molecular flexibility index (Phi) is 12.7. The molecule has 0 amide bonds. The van der Waals surface area contributed by atoms with Crippen molar-refractivity contribution >= 4 is 44.6 Å². The van der Waals surface area contributed by atoms with Gasteiger partial charge in [0.05, 0.1) is 23.7 Å². The molecule has 9 heteroatoms. The standard InChI is InChI=1S/C28H29F2N5OS.C9H20/c1-5-15(4)21(23-16(9-31)27(32)37-26(23)20(29)6-2)22-19-13-36-12-18(19)17-10-33-28(34-25(17)24(22)30)35-8-7-14(3)11-35;1-3-5-7-9-8-6-4-2/h6,10,14H,5,7-8,11-13,32H2,1-4H3;3-9H2,1-2H3/b20-6+,21-15+;. The Balaban J connectivity index is 0.000000468. The van der Waals surface area contributed by atoms with Crippen LogP contribution >= 0.6 is 11.3 Å². The van der Waals surface area contributed by atoms with Gasteiger partial charge in [0.1, 0.15) is 22.4 Å².